The van der Waals surface area contributed by atoms with E-state index < -0.39 is 0 Å². The molecule has 3 heteroatoms. The zero-order valence-corrected chi connectivity index (χ0v) is 10.0. The normalized spacial score (nSPS) is 15.6. The molecule has 0 spiro atoms. The van der Waals surface area contributed by atoms with Crippen LogP contribution in [0.5, 0.6) is 5.75 Å². The second kappa shape index (κ2) is 5.04. The first-order chi connectivity index (χ1) is 8.20. The summed E-state index contributed by atoms with van der Waals surface area (Å²) in [6.45, 7) is 3.34. The summed E-state index contributed by atoms with van der Waals surface area (Å²) in [6, 6.07) is 7.26. The first kappa shape index (κ1) is 11.7. The van der Waals surface area contributed by atoms with Gasteiger partial charge in [-0.1, -0.05) is 25.1 Å². The lowest BCUT2D eigenvalue weighted by atomic mass is 9.99. The summed E-state index contributed by atoms with van der Waals surface area (Å²) in [7, 11) is 0. The highest BCUT2D eigenvalue weighted by Gasteiger charge is 2.16. The Morgan fingerprint density at radius 3 is 2.88 bits per heavy atom. The molecule has 0 aromatic heterocycles. The number of rotatable bonds is 2. The third-order valence-electron chi connectivity index (χ3n) is 3.08. The van der Waals surface area contributed by atoms with Crippen LogP contribution in [0.2, 0.25) is 0 Å². The molecule has 0 fully saturated rings. The van der Waals surface area contributed by atoms with Gasteiger partial charge in [-0.3, -0.25) is 4.79 Å². The Bertz CT molecular complexity index is 451. The maximum absolute atomic E-state index is 11.5. The largest absolute Gasteiger partial charge is 0.508 e. The number of nitrogens with zero attached hydrogens (tertiary/aromatic N) is 1. The Morgan fingerprint density at radius 2 is 2.29 bits per heavy atom. The highest BCUT2D eigenvalue weighted by Crippen LogP contribution is 2.25. The van der Waals surface area contributed by atoms with Crippen LogP contribution in [0.4, 0.5) is 0 Å². The van der Waals surface area contributed by atoms with Crippen LogP contribution in [-0.2, 0) is 4.79 Å². The Morgan fingerprint density at radius 1 is 1.47 bits per heavy atom. The predicted molar refractivity (Wildman–Crippen MR) is 67.6 cm³/mol. The van der Waals surface area contributed by atoms with Gasteiger partial charge in [0, 0.05) is 19.5 Å². The number of carbonyl (C=O) groups excluding carboxylic acids is 1. The summed E-state index contributed by atoms with van der Waals surface area (Å²) in [6.07, 6.45) is 3.50. The van der Waals surface area contributed by atoms with Gasteiger partial charge in [0.25, 0.3) is 0 Å². The number of phenolic OH excluding ortho intramolecular Hbond substituents is 1. The molecule has 1 aliphatic rings. The number of benzene rings is 1. The maximum Gasteiger partial charge on any atom is 0.222 e. The van der Waals surface area contributed by atoms with Crippen molar-refractivity contribution in [2.45, 2.75) is 19.8 Å². The van der Waals surface area contributed by atoms with E-state index in [1.807, 2.05) is 24.0 Å². The van der Waals surface area contributed by atoms with Gasteiger partial charge in [0.1, 0.15) is 5.75 Å². The van der Waals surface area contributed by atoms with Gasteiger partial charge in [0.05, 0.1) is 0 Å². The number of amides is 1. The molecule has 0 radical (unpaired) electrons. The smallest absolute Gasteiger partial charge is 0.222 e. The SMILES string of the molecule is CCC(=O)N1CC=C(c2cccc(O)c2)CC1. The highest BCUT2D eigenvalue weighted by molar-refractivity contribution is 5.78. The van der Waals surface area contributed by atoms with Gasteiger partial charge in [-0.25, -0.2) is 0 Å². The molecule has 0 saturated carbocycles. The molecule has 0 atom stereocenters. The summed E-state index contributed by atoms with van der Waals surface area (Å²) >= 11 is 0. The quantitative estimate of drug-likeness (QED) is 0.849. The van der Waals surface area contributed by atoms with Gasteiger partial charge in [0.2, 0.25) is 5.91 Å². The van der Waals surface area contributed by atoms with Crippen LogP contribution in [0.3, 0.4) is 0 Å². The van der Waals surface area contributed by atoms with Gasteiger partial charge in [0.15, 0.2) is 0 Å². The van der Waals surface area contributed by atoms with Gasteiger partial charge in [-0.15, -0.1) is 0 Å². The fourth-order valence-electron chi connectivity index (χ4n) is 2.09. The second-order valence-electron chi connectivity index (χ2n) is 4.22. The molecule has 0 aliphatic carbocycles. The molecule has 1 aliphatic heterocycles. The van der Waals surface area contributed by atoms with E-state index in [0.717, 1.165) is 18.5 Å². The topological polar surface area (TPSA) is 40.5 Å². The minimum absolute atomic E-state index is 0.205. The molecule has 1 N–H and O–H groups in total. The van der Waals surface area contributed by atoms with E-state index >= 15 is 0 Å². The summed E-state index contributed by atoms with van der Waals surface area (Å²) in [5.74, 6) is 0.492. The zero-order chi connectivity index (χ0) is 12.3. The van der Waals surface area contributed by atoms with Crippen molar-refractivity contribution in [3.63, 3.8) is 0 Å². The van der Waals surface area contributed by atoms with Gasteiger partial charge < -0.3 is 10.0 Å². The molecule has 1 heterocycles. The Kier molecular flexibility index (Phi) is 3.47. The molecule has 0 bridgehead atoms. The molecular formula is C14H17NO2. The number of hydrogen-bond donors (Lipinski definition) is 1. The van der Waals surface area contributed by atoms with Gasteiger partial charge >= 0.3 is 0 Å². The second-order valence-corrected chi connectivity index (χ2v) is 4.22. The van der Waals surface area contributed by atoms with Crippen molar-refractivity contribution in [2.75, 3.05) is 13.1 Å². The van der Waals surface area contributed by atoms with Crippen molar-refractivity contribution in [2.24, 2.45) is 0 Å². The molecule has 1 amide bonds. The number of carbonyl (C=O) groups is 1. The fraction of sp³-hybridized carbons (Fsp3) is 0.357. The third-order valence-corrected chi connectivity index (χ3v) is 3.08. The van der Waals surface area contributed by atoms with E-state index in [-0.39, 0.29) is 11.7 Å². The van der Waals surface area contributed by atoms with E-state index in [4.69, 9.17) is 0 Å². The molecule has 3 nitrogen and oxygen atoms in total. The number of aromatic hydroxyl groups is 1. The first-order valence-corrected chi connectivity index (χ1v) is 5.97. The Balaban J connectivity index is 2.11. The van der Waals surface area contributed by atoms with Crippen LogP contribution in [0.25, 0.3) is 5.57 Å². The highest BCUT2D eigenvalue weighted by atomic mass is 16.3. The fourth-order valence-corrected chi connectivity index (χ4v) is 2.09. The third kappa shape index (κ3) is 2.67. The summed E-state index contributed by atoms with van der Waals surface area (Å²) in [5, 5.41) is 9.43. The molecule has 90 valence electrons. The molecule has 17 heavy (non-hydrogen) atoms. The predicted octanol–water partition coefficient (Wildman–Crippen LogP) is 2.42. The van der Waals surface area contributed by atoms with Crippen LogP contribution < -0.4 is 0 Å². The standard InChI is InChI=1S/C14H17NO2/c1-2-14(17)15-8-6-11(7-9-15)12-4-3-5-13(16)10-12/h3-6,10,16H,2,7-9H2,1H3. The minimum atomic E-state index is 0.205. The van der Waals surface area contributed by atoms with Crippen LogP contribution in [-0.4, -0.2) is 29.0 Å². The van der Waals surface area contributed by atoms with Crippen molar-refractivity contribution in [1.29, 1.82) is 0 Å². The van der Waals surface area contributed by atoms with Crippen LogP contribution >= 0.6 is 0 Å². The molecule has 2 rings (SSSR count). The van der Waals surface area contributed by atoms with Crippen LogP contribution in [0.15, 0.2) is 30.3 Å². The zero-order valence-electron chi connectivity index (χ0n) is 10.0. The van der Waals surface area contributed by atoms with E-state index in [0.29, 0.717) is 13.0 Å². The molecule has 1 aromatic carbocycles. The summed E-state index contributed by atoms with van der Waals surface area (Å²) in [5.41, 5.74) is 2.26. The Labute approximate surface area is 101 Å². The monoisotopic (exact) mass is 231 g/mol. The average Bonchev–Trinajstić information content (AvgIpc) is 2.38. The van der Waals surface area contributed by atoms with Gasteiger partial charge in [-0.05, 0) is 29.7 Å². The molecular weight excluding hydrogens is 214 g/mol. The van der Waals surface area contributed by atoms with Gasteiger partial charge in [-0.2, -0.15) is 0 Å². The first-order valence-electron chi connectivity index (χ1n) is 5.97. The van der Waals surface area contributed by atoms with E-state index in [1.165, 1.54) is 5.57 Å². The number of phenols is 1. The van der Waals surface area contributed by atoms with Crippen molar-refractivity contribution in [3.05, 3.63) is 35.9 Å². The lowest BCUT2D eigenvalue weighted by Gasteiger charge is -2.26. The summed E-state index contributed by atoms with van der Waals surface area (Å²) in [4.78, 5) is 13.4. The van der Waals surface area contributed by atoms with E-state index in [1.54, 1.807) is 12.1 Å². The molecule has 1 aromatic rings. The van der Waals surface area contributed by atoms with E-state index in [9.17, 15) is 9.90 Å². The maximum atomic E-state index is 11.5. The van der Waals surface area contributed by atoms with E-state index in [2.05, 4.69) is 6.08 Å². The molecule has 0 unspecified atom stereocenters. The van der Waals surface area contributed by atoms with Crippen LogP contribution in [0, 0.1) is 0 Å². The van der Waals surface area contributed by atoms with Crippen molar-refractivity contribution >= 4 is 11.5 Å². The number of hydrogen-bond acceptors (Lipinski definition) is 2. The van der Waals surface area contributed by atoms with Crippen molar-refractivity contribution in [1.82, 2.24) is 4.90 Å². The average molecular weight is 231 g/mol. The van der Waals surface area contributed by atoms with Crippen LogP contribution in [0.1, 0.15) is 25.3 Å². The van der Waals surface area contributed by atoms with Crippen molar-refractivity contribution in [3.8, 4) is 5.75 Å². The lowest BCUT2D eigenvalue weighted by molar-refractivity contribution is -0.130. The Hall–Kier alpha value is -1.77. The van der Waals surface area contributed by atoms with Crippen molar-refractivity contribution < 1.29 is 9.90 Å². The summed E-state index contributed by atoms with van der Waals surface area (Å²) < 4.78 is 0. The lowest BCUT2D eigenvalue weighted by Crippen LogP contribution is -2.34. The molecule has 0 saturated heterocycles. The minimum Gasteiger partial charge on any atom is -0.508 e.